The lowest BCUT2D eigenvalue weighted by atomic mass is 10.1. The molecule has 1 amide bonds. The Bertz CT molecular complexity index is 634. The van der Waals surface area contributed by atoms with Crippen LogP contribution in [0.15, 0.2) is 48.7 Å². The summed E-state index contributed by atoms with van der Waals surface area (Å²) in [5, 5.41) is 0. The van der Waals surface area contributed by atoms with Gasteiger partial charge in [-0.25, -0.2) is 0 Å². The number of aromatic nitrogens is 1. The van der Waals surface area contributed by atoms with Gasteiger partial charge in [-0.15, -0.1) is 0 Å². The summed E-state index contributed by atoms with van der Waals surface area (Å²) in [5.74, 6) is 0.140. The monoisotopic (exact) mass is 295 g/mol. The summed E-state index contributed by atoms with van der Waals surface area (Å²) in [6.07, 6.45) is 1.83. The van der Waals surface area contributed by atoms with Gasteiger partial charge in [0.1, 0.15) is 0 Å². The van der Waals surface area contributed by atoms with Gasteiger partial charge in [-0.3, -0.25) is 14.7 Å². The Morgan fingerprint density at radius 3 is 2.59 bits per heavy atom. The van der Waals surface area contributed by atoms with Crippen LogP contribution in [-0.2, 0) is 6.54 Å². The number of hydrogen-bond donors (Lipinski definition) is 0. The van der Waals surface area contributed by atoms with Crippen LogP contribution in [0.1, 0.15) is 21.6 Å². The van der Waals surface area contributed by atoms with Crippen molar-refractivity contribution in [2.24, 2.45) is 0 Å². The number of aryl methyl sites for hydroxylation is 1. The van der Waals surface area contributed by atoms with Crippen molar-refractivity contribution in [3.05, 3.63) is 65.5 Å². The number of rotatable bonds is 3. The number of pyridine rings is 1. The molecule has 3 rings (SSSR count). The predicted molar refractivity (Wildman–Crippen MR) is 86.6 cm³/mol. The lowest BCUT2D eigenvalue weighted by Crippen LogP contribution is -2.48. The highest BCUT2D eigenvalue weighted by Crippen LogP contribution is 2.12. The van der Waals surface area contributed by atoms with Crippen molar-refractivity contribution in [3.63, 3.8) is 0 Å². The first-order valence-corrected chi connectivity index (χ1v) is 7.70. The summed E-state index contributed by atoms with van der Waals surface area (Å²) in [6.45, 7) is 6.22. The van der Waals surface area contributed by atoms with Crippen molar-refractivity contribution >= 4 is 5.91 Å². The first kappa shape index (κ1) is 14.7. The van der Waals surface area contributed by atoms with Crippen LogP contribution in [0.5, 0.6) is 0 Å². The molecule has 4 nitrogen and oxygen atoms in total. The Morgan fingerprint density at radius 2 is 1.91 bits per heavy atom. The highest BCUT2D eigenvalue weighted by Gasteiger charge is 2.22. The van der Waals surface area contributed by atoms with Crippen LogP contribution in [0.25, 0.3) is 0 Å². The molecule has 1 aromatic carbocycles. The van der Waals surface area contributed by atoms with Crippen molar-refractivity contribution in [2.75, 3.05) is 26.2 Å². The molecule has 0 N–H and O–H groups in total. The van der Waals surface area contributed by atoms with E-state index in [-0.39, 0.29) is 5.91 Å². The molecule has 1 aromatic heterocycles. The van der Waals surface area contributed by atoms with E-state index in [1.165, 1.54) is 0 Å². The number of carbonyl (C=O) groups excluding carboxylic acids is 1. The van der Waals surface area contributed by atoms with E-state index in [9.17, 15) is 4.79 Å². The predicted octanol–water partition coefficient (Wildman–Crippen LogP) is 2.35. The highest BCUT2D eigenvalue weighted by atomic mass is 16.2. The van der Waals surface area contributed by atoms with Gasteiger partial charge in [-0.05, 0) is 31.2 Å². The molecule has 0 atom stereocenters. The maximum atomic E-state index is 12.5. The van der Waals surface area contributed by atoms with Crippen molar-refractivity contribution in [1.29, 1.82) is 0 Å². The Balaban J connectivity index is 1.56. The first-order chi connectivity index (χ1) is 10.7. The third-order valence-corrected chi connectivity index (χ3v) is 4.04. The second-order valence-corrected chi connectivity index (χ2v) is 5.76. The summed E-state index contributed by atoms with van der Waals surface area (Å²) in [4.78, 5) is 21.2. The average Bonchev–Trinajstić information content (AvgIpc) is 2.56. The fourth-order valence-electron chi connectivity index (χ4n) is 2.79. The van der Waals surface area contributed by atoms with Crippen LogP contribution in [0.4, 0.5) is 0 Å². The Kier molecular flexibility index (Phi) is 4.49. The molecule has 0 saturated carbocycles. The molecule has 0 spiro atoms. The quantitative estimate of drug-likeness (QED) is 0.872. The molecule has 1 saturated heterocycles. The SMILES string of the molecule is Cc1cccc(C(=O)N2CCN(Cc3ccccn3)CC2)c1. The maximum Gasteiger partial charge on any atom is 0.253 e. The summed E-state index contributed by atoms with van der Waals surface area (Å²) >= 11 is 0. The van der Waals surface area contributed by atoms with E-state index in [0.717, 1.165) is 49.5 Å². The maximum absolute atomic E-state index is 12.5. The lowest BCUT2D eigenvalue weighted by molar-refractivity contribution is 0.0627. The van der Waals surface area contributed by atoms with Crippen molar-refractivity contribution < 1.29 is 4.79 Å². The van der Waals surface area contributed by atoms with Gasteiger partial charge in [0.2, 0.25) is 0 Å². The van der Waals surface area contributed by atoms with Gasteiger partial charge >= 0.3 is 0 Å². The van der Waals surface area contributed by atoms with Crippen LogP contribution in [0.3, 0.4) is 0 Å². The molecule has 1 aliphatic rings. The van der Waals surface area contributed by atoms with Crippen LogP contribution >= 0.6 is 0 Å². The van der Waals surface area contributed by atoms with Crippen LogP contribution in [-0.4, -0.2) is 46.9 Å². The van der Waals surface area contributed by atoms with E-state index < -0.39 is 0 Å². The molecule has 1 aliphatic heterocycles. The second-order valence-electron chi connectivity index (χ2n) is 5.76. The van der Waals surface area contributed by atoms with E-state index in [0.29, 0.717) is 0 Å². The molecule has 114 valence electrons. The number of nitrogens with zero attached hydrogens (tertiary/aromatic N) is 3. The summed E-state index contributed by atoms with van der Waals surface area (Å²) in [7, 11) is 0. The Hall–Kier alpha value is -2.20. The van der Waals surface area contributed by atoms with Crippen LogP contribution in [0.2, 0.25) is 0 Å². The fourth-order valence-corrected chi connectivity index (χ4v) is 2.79. The molecular weight excluding hydrogens is 274 g/mol. The lowest BCUT2D eigenvalue weighted by Gasteiger charge is -2.34. The van der Waals surface area contributed by atoms with Gasteiger partial charge in [0.15, 0.2) is 0 Å². The van der Waals surface area contributed by atoms with Crippen molar-refractivity contribution in [3.8, 4) is 0 Å². The second kappa shape index (κ2) is 6.71. The molecular formula is C18H21N3O. The van der Waals surface area contributed by atoms with Crippen LogP contribution < -0.4 is 0 Å². The molecule has 1 fully saturated rings. The van der Waals surface area contributed by atoms with Crippen LogP contribution in [0, 0.1) is 6.92 Å². The standard InChI is InChI=1S/C18H21N3O/c1-15-5-4-6-16(13-15)18(22)21-11-9-20(10-12-21)14-17-7-2-3-8-19-17/h2-8,13H,9-12,14H2,1H3. The number of piperazine rings is 1. The van der Waals surface area contributed by atoms with Crippen molar-refractivity contribution in [2.45, 2.75) is 13.5 Å². The summed E-state index contributed by atoms with van der Waals surface area (Å²) in [5.41, 5.74) is 3.00. The van der Waals surface area contributed by atoms with Gasteiger partial charge in [0.25, 0.3) is 5.91 Å². The smallest absolute Gasteiger partial charge is 0.253 e. The van der Waals surface area contributed by atoms with Gasteiger partial charge in [-0.1, -0.05) is 23.8 Å². The summed E-state index contributed by atoms with van der Waals surface area (Å²) in [6, 6.07) is 13.8. The normalized spacial score (nSPS) is 15.8. The van der Waals surface area contributed by atoms with E-state index in [1.807, 2.05) is 60.5 Å². The van der Waals surface area contributed by atoms with Crippen molar-refractivity contribution in [1.82, 2.24) is 14.8 Å². The zero-order chi connectivity index (χ0) is 15.4. The molecule has 2 aromatic rings. The molecule has 22 heavy (non-hydrogen) atoms. The van der Waals surface area contributed by atoms with E-state index >= 15 is 0 Å². The van der Waals surface area contributed by atoms with Gasteiger partial charge < -0.3 is 4.90 Å². The molecule has 4 heteroatoms. The fraction of sp³-hybridized carbons (Fsp3) is 0.333. The minimum absolute atomic E-state index is 0.140. The van der Waals surface area contributed by atoms with Gasteiger partial charge in [0, 0.05) is 44.5 Å². The number of benzene rings is 1. The van der Waals surface area contributed by atoms with E-state index in [4.69, 9.17) is 0 Å². The summed E-state index contributed by atoms with van der Waals surface area (Å²) < 4.78 is 0. The molecule has 0 unspecified atom stereocenters. The zero-order valence-electron chi connectivity index (χ0n) is 12.9. The van der Waals surface area contributed by atoms with E-state index in [1.54, 1.807) is 0 Å². The number of amides is 1. The highest BCUT2D eigenvalue weighted by molar-refractivity contribution is 5.94. The third kappa shape index (κ3) is 3.52. The first-order valence-electron chi connectivity index (χ1n) is 7.70. The van der Waals surface area contributed by atoms with Gasteiger partial charge in [-0.2, -0.15) is 0 Å². The molecule has 0 bridgehead atoms. The minimum atomic E-state index is 0.140. The molecule has 2 heterocycles. The minimum Gasteiger partial charge on any atom is -0.336 e. The topological polar surface area (TPSA) is 36.4 Å². The number of carbonyl (C=O) groups is 1. The largest absolute Gasteiger partial charge is 0.336 e. The zero-order valence-corrected chi connectivity index (χ0v) is 12.9. The Morgan fingerprint density at radius 1 is 1.09 bits per heavy atom. The van der Waals surface area contributed by atoms with Gasteiger partial charge in [0.05, 0.1) is 5.69 Å². The molecule has 0 radical (unpaired) electrons. The molecule has 0 aliphatic carbocycles. The average molecular weight is 295 g/mol. The Labute approximate surface area is 131 Å². The third-order valence-electron chi connectivity index (χ3n) is 4.04. The van der Waals surface area contributed by atoms with E-state index in [2.05, 4.69) is 9.88 Å². The number of hydrogen-bond acceptors (Lipinski definition) is 3.